The number of carbonyl (C=O) groups excluding carboxylic acids is 1. The summed E-state index contributed by atoms with van der Waals surface area (Å²) in [5.74, 6) is -1.02. The van der Waals surface area contributed by atoms with Crippen LogP contribution in [0.25, 0.3) is 0 Å². The van der Waals surface area contributed by atoms with Gasteiger partial charge in [0.25, 0.3) is 0 Å². The first-order chi connectivity index (χ1) is 9.34. The topological polar surface area (TPSA) is 130 Å². The molecule has 0 bridgehead atoms. The third-order valence-electron chi connectivity index (χ3n) is 3.06. The van der Waals surface area contributed by atoms with Crippen LogP contribution in [-0.2, 0) is 9.59 Å². The third kappa shape index (κ3) is 7.54. The van der Waals surface area contributed by atoms with E-state index in [1.54, 1.807) is 0 Å². The van der Waals surface area contributed by atoms with Gasteiger partial charge in [0.2, 0.25) is 0 Å². The molecule has 0 aliphatic rings. The summed E-state index contributed by atoms with van der Waals surface area (Å²) in [6.07, 6.45) is 2.39. The molecule has 20 heavy (non-hydrogen) atoms. The highest BCUT2D eigenvalue weighted by Gasteiger charge is 2.36. The van der Waals surface area contributed by atoms with Gasteiger partial charge in [0, 0.05) is 18.5 Å². The molecule has 0 radical (unpaired) electrons. The van der Waals surface area contributed by atoms with Gasteiger partial charge in [-0.15, -0.1) is 0 Å². The number of nitrogens with one attached hydrogen (secondary N) is 2. The number of aldehydes is 1. The monoisotopic (exact) mass is 288 g/mol. The maximum absolute atomic E-state index is 11.6. The fourth-order valence-electron chi connectivity index (χ4n) is 1.80. The van der Waals surface area contributed by atoms with Crippen LogP contribution in [0.3, 0.4) is 0 Å². The molecule has 0 amide bonds. The molecule has 0 spiro atoms. The average Bonchev–Trinajstić information content (AvgIpc) is 2.34. The van der Waals surface area contributed by atoms with E-state index in [0.717, 1.165) is 6.29 Å². The van der Waals surface area contributed by atoms with Crippen molar-refractivity contribution in [2.75, 3.05) is 13.1 Å². The predicted molar refractivity (Wildman–Crippen MR) is 78.2 cm³/mol. The number of rotatable bonds is 12. The summed E-state index contributed by atoms with van der Waals surface area (Å²) >= 11 is 0. The van der Waals surface area contributed by atoms with E-state index < -0.39 is 11.6 Å². The van der Waals surface area contributed by atoms with Gasteiger partial charge in [0.1, 0.15) is 6.29 Å². The fourth-order valence-corrected chi connectivity index (χ4v) is 1.80. The minimum atomic E-state index is -1.30. The lowest BCUT2D eigenvalue weighted by Crippen LogP contribution is -2.63. The number of nitrogens with two attached hydrogens (primary N) is 2. The minimum Gasteiger partial charge on any atom is -0.479 e. The van der Waals surface area contributed by atoms with Crippen molar-refractivity contribution in [3.63, 3.8) is 0 Å². The molecule has 118 valence electrons. The molecule has 0 fully saturated rings. The van der Waals surface area contributed by atoms with E-state index >= 15 is 0 Å². The largest absolute Gasteiger partial charge is 0.479 e. The van der Waals surface area contributed by atoms with Gasteiger partial charge in [0.05, 0.1) is 0 Å². The zero-order chi connectivity index (χ0) is 15.6. The number of hydrogen-bond acceptors (Lipinski definition) is 6. The molecule has 0 rings (SSSR count). The Kier molecular flexibility index (Phi) is 9.32. The van der Waals surface area contributed by atoms with E-state index in [9.17, 15) is 14.7 Å². The molecular formula is C13H28N4O3. The molecule has 0 aromatic carbocycles. The number of carboxylic acids is 1. The van der Waals surface area contributed by atoms with Crippen molar-refractivity contribution in [3.05, 3.63) is 0 Å². The normalized spacial score (nSPS) is 17.2. The van der Waals surface area contributed by atoms with E-state index in [1.165, 1.54) is 0 Å². The van der Waals surface area contributed by atoms with Crippen molar-refractivity contribution >= 4 is 12.3 Å². The van der Waals surface area contributed by atoms with E-state index in [-0.39, 0.29) is 24.9 Å². The van der Waals surface area contributed by atoms with E-state index in [4.69, 9.17) is 11.5 Å². The van der Waals surface area contributed by atoms with Crippen LogP contribution >= 0.6 is 0 Å². The zero-order valence-electron chi connectivity index (χ0n) is 12.4. The molecule has 0 aromatic heterocycles. The van der Waals surface area contributed by atoms with E-state index in [0.29, 0.717) is 25.9 Å². The molecule has 0 heterocycles. The second-order valence-corrected chi connectivity index (χ2v) is 5.30. The van der Waals surface area contributed by atoms with Crippen molar-refractivity contribution in [1.82, 2.24) is 10.6 Å². The van der Waals surface area contributed by atoms with Crippen LogP contribution < -0.4 is 22.1 Å². The van der Waals surface area contributed by atoms with Crippen molar-refractivity contribution in [1.29, 1.82) is 0 Å². The summed E-state index contributed by atoms with van der Waals surface area (Å²) in [7, 11) is 0. The Hall–Kier alpha value is -1.02. The van der Waals surface area contributed by atoms with Crippen molar-refractivity contribution in [2.45, 2.75) is 57.3 Å². The molecule has 2 atom stereocenters. The van der Waals surface area contributed by atoms with E-state index in [2.05, 4.69) is 10.6 Å². The van der Waals surface area contributed by atoms with Gasteiger partial charge >= 0.3 is 5.97 Å². The Morgan fingerprint density at radius 3 is 1.95 bits per heavy atom. The average molecular weight is 288 g/mol. The van der Waals surface area contributed by atoms with Gasteiger partial charge in [-0.25, -0.2) is 4.79 Å². The number of carbonyl (C=O) groups is 2. The number of hydrogen-bond donors (Lipinski definition) is 5. The summed E-state index contributed by atoms with van der Waals surface area (Å²) in [6.45, 7) is 4.65. The summed E-state index contributed by atoms with van der Waals surface area (Å²) in [5, 5.41) is 15.4. The highest BCUT2D eigenvalue weighted by molar-refractivity contribution is 5.78. The SMILES string of the molecule is CC(N)CCNC(CCC=O)(NCCC(C)N)C(=O)O. The molecular weight excluding hydrogens is 260 g/mol. The second kappa shape index (κ2) is 9.82. The Bertz CT molecular complexity index is 281. The van der Waals surface area contributed by atoms with Gasteiger partial charge in [0.15, 0.2) is 5.66 Å². The second-order valence-electron chi connectivity index (χ2n) is 5.30. The van der Waals surface area contributed by atoms with Crippen LogP contribution in [-0.4, -0.2) is 48.2 Å². The van der Waals surface area contributed by atoms with Crippen molar-refractivity contribution < 1.29 is 14.7 Å². The Morgan fingerprint density at radius 2 is 1.65 bits per heavy atom. The van der Waals surface area contributed by atoms with Crippen LogP contribution in [0.1, 0.15) is 39.5 Å². The first kappa shape index (κ1) is 19.0. The first-order valence-electron chi connectivity index (χ1n) is 7.02. The quantitative estimate of drug-likeness (QED) is 0.239. The lowest BCUT2D eigenvalue weighted by molar-refractivity contribution is -0.147. The van der Waals surface area contributed by atoms with Crippen LogP contribution in [0.2, 0.25) is 0 Å². The number of aliphatic carboxylic acids is 1. The lowest BCUT2D eigenvalue weighted by atomic mass is 10.0. The van der Waals surface area contributed by atoms with Gasteiger partial charge in [-0.3, -0.25) is 10.6 Å². The smallest absolute Gasteiger partial charge is 0.338 e. The zero-order valence-corrected chi connectivity index (χ0v) is 12.4. The predicted octanol–water partition coefficient (Wildman–Crippen LogP) is -0.600. The Morgan fingerprint density at radius 1 is 1.20 bits per heavy atom. The van der Waals surface area contributed by atoms with Crippen LogP contribution in [0.4, 0.5) is 0 Å². The Labute approximate surface area is 120 Å². The van der Waals surface area contributed by atoms with Crippen LogP contribution in [0, 0.1) is 0 Å². The molecule has 0 aromatic rings. The van der Waals surface area contributed by atoms with Crippen molar-refractivity contribution in [3.8, 4) is 0 Å². The maximum Gasteiger partial charge on any atom is 0.338 e. The third-order valence-corrected chi connectivity index (χ3v) is 3.06. The highest BCUT2D eigenvalue weighted by atomic mass is 16.4. The van der Waals surface area contributed by atoms with Gasteiger partial charge in [-0.2, -0.15) is 0 Å². The highest BCUT2D eigenvalue weighted by Crippen LogP contribution is 2.10. The molecule has 0 aliphatic carbocycles. The summed E-state index contributed by atoms with van der Waals surface area (Å²) in [4.78, 5) is 22.1. The van der Waals surface area contributed by atoms with Gasteiger partial charge in [-0.1, -0.05) is 0 Å². The van der Waals surface area contributed by atoms with Crippen molar-refractivity contribution in [2.24, 2.45) is 11.5 Å². The molecule has 7 heteroatoms. The lowest BCUT2D eigenvalue weighted by Gasteiger charge is -2.32. The molecule has 0 aliphatic heterocycles. The summed E-state index contributed by atoms with van der Waals surface area (Å²) in [6, 6.07) is -0.0201. The molecule has 2 unspecified atom stereocenters. The molecule has 7 N–H and O–H groups in total. The summed E-state index contributed by atoms with van der Waals surface area (Å²) in [5.41, 5.74) is 10.0. The maximum atomic E-state index is 11.6. The molecule has 0 saturated carbocycles. The molecule has 7 nitrogen and oxygen atoms in total. The van der Waals surface area contributed by atoms with E-state index in [1.807, 2.05) is 13.8 Å². The fraction of sp³-hybridized carbons (Fsp3) is 0.846. The standard InChI is InChI=1S/C13H28N4O3/c1-10(14)4-7-16-13(12(19)20,6-3-9-18)17-8-5-11(2)15/h9-11,16-17H,3-8,14-15H2,1-2H3,(H,19,20). The number of carboxylic acid groups (broad SMARTS) is 1. The van der Waals surface area contributed by atoms with Gasteiger partial charge in [-0.05, 0) is 46.2 Å². The molecule has 0 saturated heterocycles. The Balaban J connectivity index is 4.66. The minimum absolute atomic E-state index is 0.0101. The van der Waals surface area contributed by atoms with Crippen LogP contribution in [0.5, 0.6) is 0 Å². The summed E-state index contributed by atoms with van der Waals surface area (Å²) < 4.78 is 0. The first-order valence-corrected chi connectivity index (χ1v) is 7.02. The van der Waals surface area contributed by atoms with Crippen LogP contribution in [0.15, 0.2) is 0 Å². The van der Waals surface area contributed by atoms with Gasteiger partial charge < -0.3 is 21.4 Å².